The van der Waals surface area contributed by atoms with E-state index in [1.165, 1.54) is 20.1 Å². The highest BCUT2D eigenvalue weighted by molar-refractivity contribution is 8.44. The summed E-state index contributed by atoms with van der Waals surface area (Å²) in [6.45, 7) is 8.10. The van der Waals surface area contributed by atoms with Crippen molar-refractivity contribution in [2.45, 2.75) is 60.6 Å². The van der Waals surface area contributed by atoms with Gasteiger partial charge in [0.25, 0.3) is 5.69 Å². The fourth-order valence-electron chi connectivity index (χ4n) is 3.33. The van der Waals surface area contributed by atoms with Gasteiger partial charge >= 0.3 is 6.80 Å². The summed E-state index contributed by atoms with van der Waals surface area (Å²) in [6, 6.07) is 4.47. The standard InChI is InChI=1S/C19H31N2O6PS/c1-13(27-28(25,29)26-7)15-10-14(8-9-16(15)21(23)24)11-20-17(22)19(5,6)12-18(2,3)4/h8-10,13H,11-12H2,1-7H3,(H,20,22)(H,25,29). The number of hydrogen-bond acceptors (Lipinski definition) is 6. The average Bonchev–Trinajstić information content (AvgIpc) is 2.56. The quantitative estimate of drug-likeness (QED) is 0.226. The molecule has 1 aromatic carbocycles. The highest BCUT2D eigenvalue weighted by atomic mass is 32.7. The van der Waals surface area contributed by atoms with Crippen molar-refractivity contribution in [2.75, 3.05) is 7.11 Å². The number of thiol groups is 1. The fraction of sp³-hybridized carbons (Fsp3) is 0.632. The van der Waals surface area contributed by atoms with E-state index in [0.717, 1.165) is 0 Å². The summed E-state index contributed by atoms with van der Waals surface area (Å²) in [5.41, 5.74) is 0.144. The number of hydrogen-bond donors (Lipinski definition) is 2. The maximum atomic E-state index is 12.6. The molecule has 29 heavy (non-hydrogen) atoms. The minimum Gasteiger partial charge on any atom is -0.352 e. The Morgan fingerprint density at radius 2 is 1.90 bits per heavy atom. The Balaban J connectivity index is 3.03. The van der Waals surface area contributed by atoms with E-state index in [2.05, 4.69) is 42.9 Å². The molecule has 0 aliphatic carbocycles. The lowest BCUT2D eigenvalue weighted by Gasteiger charge is -2.31. The first-order valence-electron chi connectivity index (χ1n) is 9.20. The molecule has 0 saturated heterocycles. The van der Waals surface area contributed by atoms with E-state index >= 15 is 0 Å². The highest BCUT2D eigenvalue weighted by Gasteiger charge is 2.32. The second-order valence-electron chi connectivity index (χ2n) is 8.85. The van der Waals surface area contributed by atoms with Crippen LogP contribution in [0.1, 0.15) is 65.2 Å². The SMILES string of the molecule is COP(=O)(S)OC(C)c1cc(CNC(=O)C(C)(C)CC(C)(C)C)ccc1[N+](=O)[O-]. The van der Waals surface area contributed by atoms with Gasteiger partial charge in [0.05, 0.1) is 16.6 Å². The largest absolute Gasteiger partial charge is 0.386 e. The number of nitro groups is 1. The van der Waals surface area contributed by atoms with Gasteiger partial charge in [-0.3, -0.25) is 19.4 Å². The summed E-state index contributed by atoms with van der Waals surface area (Å²) in [6.07, 6.45) is -0.192. The third-order valence-corrected chi connectivity index (χ3v) is 6.11. The molecule has 1 rings (SSSR count). The number of benzene rings is 1. The van der Waals surface area contributed by atoms with Crippen LogP contribution >= 0.6 is 19.0 Å². The van der Waals surface area contributed by atoms with Crippen LogP contribution < -0.4 is 5.32 Å². The molecule has 164 valence electrons. The number of nitrogens with zero attached hydrogens (tertiary/aromatic N) is 1. The molecule has 0 heterocycles. The van der Waals surface area contributed by atoms with Crippen LogP contribution in [0.5, 0.6) is 0 Å². The second kappa shape index (κ2) is 9.60. The van der Waals surface area contributed by atoms with E-state index in [9.17, 15) is 19.5 Å². The van der Waals surface area contributed by atoms with Crippen LogP contribution in [0.3, 0.4) is 0 Å². The van der Waals surface area contributed by atoms with Gasteiger partial charge in [-0.15, -0.1) is 0 Å². The van der Waals surface area contributed by atoms with Crippen LogP contribution in [-0.4, -0.2) is 17.9 Å². The Labute approximate surface area is 177 Å². The minimum absolute atomic E-state index is 0.00368. The first kappa shape index (κ1) is 25.6. The zero-order chi connectivity index (χ0) is 22.6. The van der Waals surface area contributed by atoms with Crippen molar-refractivity contribution in [3.8, 4) is 0 Å². The average molecular weight is 447 g/mol. The zero-order valence-electron chi connectivity index (χ0n) is 18.0. The van der Waals surface area contributed by atoms with Crippen molar-refractivity contribution >= 4 is 30.6 Å². The first-order valence-corrected chi connectivity index (χ1v) is 11.9. The number of carbonyl (C=O) groups excluding carboxylic acids is 1. The fourth-order valence-corrected chi connectivity index (χ4v) is 4.36. The third kappa shape index (κ3) is 8.09. The van der Waals surface area contributed by atoms with Crippen molar-refractivity contribution in [2.24, 2.45) is 10.8 Å². The first-order chi connectivity index (χ1) is 13.1. The van der Waals surface area contributed by atoms with E-state index in [1.807, 2.05) is 13.8 Å². The summed E-state index contributed by atoms with van der Waals surface area (Å²) < 4.78 is 21.9. The lowest BCUT2D eigenvalue weighted by Crippen LogP contribution is -2.38. The van der Waals surface area contributed by atoms with Gasteiger partial charge in [0.15, 0.2) is 0 Å². The van der Waals surface area contributed by atoms with E-state index in [4.69, 9.17) is 4.52 Å². The number of nitro benzene ring substituents is 1. The summed E-state index contributed by atoms with van der Waals surface area (Å²) in [5.74, 6) is -0.101. The Morgan fingerprint density at radius 1 is 1.31 bits per heavy atom. The summed E-state index contributed by atoms with van der Waals surface area (Å²) in [4.78, 5) is 23.5. The summed E-state index contributed by atoms with van der Waals surface area (Å²) in [5, 5.41) is 14.3. The van der Waals surface area contributed by atoms with Gasteiger partial charge < -0.3 is 9.84 Å². The van der Waals surface area contributed by atoms with Gasteiger partial charge in [0, 0.05) is 25.1 Å². The molecule has 0 aliphatic heterocycles. The van der Waals surface area contributed by atoms with Crippen LogP contribution in [0.2, 0.25) is 0 Å². The van der Waals surface area contributed by atoms with Crippen LogP contribution in [-0.2, 0) is 25.0 Å². The lowest BCUT2D eigenvalue weighted by molar-refractivity contribution is -0.386. The van der Waals surface area contributed by atoms with Gasteiger partial charge in [0.2, 0.25) is 5.91 Å². The minimum atomic E-state index is -3.63. The smallest absolute Gasteiger partial charge is 0.352 e. The predicted octanol–water partition coefficient (Wildman–Crippen LogP) is 5.44. The molecule has 8 nitrogen and oxygen atoms in total. The molecule has 0 saturated carbocycles. The molecule has 1 N–H and O–H groups in total. The summed E-state index contributed by atoms with van der Waals surface area (Å²) in [7, 11) is 1.18. The normalized spacial score (nSPS) is 15.4. The molecule has 2 unspecified atom stereocenters. The molecule has 0 radical (unpaired) electrons. The van der Waals surface area contributed by atoms with Crippen LogP contribution in [0, 0.1) is 20.9 Å². The molecule has 10 heteroatoms. The number of amides is 1. The van der Waals surface area contributed by atoms with Crippen LogP contribution in [0.15, 0.2) is 18.2 Å². The summed E-state index contributed by atoms with van der Waals surface area (Å²) >= 11 is 3.81. The van der Waals surface area contributed by atoms with Crippen LogP contribution in [0.4, 0.5) is 5.69 Å². The Bertz CT molecular complexity index is 806. The van der Waals surface area contributed by atoms with Gasteiger partial charge in [-0.2, -0.15) is 0 Å². The highest BCUT2D eigenvalue weighted by Crippen LogP contribution is 2.55. The van der Waals surface area contributed by atoms with Gasteiger partial charge in [-0.25, -0.2) is 4.57 Å². The molecule has 1 aromatic rings. The maximum Gasteiger partial charge on any atom is 0.386 e. The topological polar surface area (TPSA) is 108 Å². The van der Waals surface area contributed by atoms with Crippen molar-refractivity contribution < 1.29 is 23.3 Å². The Hall–Kier alpha value is -1.41. The molecule has 1 amide bonds. The van der Waals surface area contributed by atoms with Gasteiger partial charge in [-0.1, -0.05) is 52.9 Å². The molecular weight excluding hydrogens is 415 g/mol. The molecule has 0 aromatic heterocycles. The zero-order valence-corrected chi connectivity index (χ0v) is 19.8. The van der Waals surface area contributed by atoms with E-state index < -0.39 is 23.2 Å². The van der Waals surface area contributed by atoms with Gasteiger partial charge in [-0.05, 0) is 30.4 Å². The lowest BCUT2D eigenvalue weighted by atomic mass is 9.75. The van der Waals surface area contributed by atoms with E-state index in [1.54, 1.807) is 12.1 Å². The monoisotopic (exact) mass is 446 g/mol. The van der Waals surface area contributed by atoms with Crippen molar-refractivity contribution in [1.82, 2.24) is 5.32 Å². The van der Waals surface area contributed by atoms with Gasteiger partial charge in [0.1, 0.15) is 0 Å². The molecule has 0 spiro atoms. The molecule has 2 atom stereocenters. The maximum absolute atomic E-state index is 12.6. The number of rotatable bonds is 9. The van der Waals surface area contributed by atoms with Crippen molar-refractivity contribution in [3.05, 3.63) is 39.4 Å². The number of nitrogens with one attached hydrogen (secondary N) is 1. The molecule has 0 bridgehead atoms. The van der Waals surface area contributed by atoms with Crippen LogP contribution in [0.25, 0.3) is 0 Å². The Morgan fingerprint density at radius 3 is 2.38 bits per heavy atom. The third-order valence-electron chi connectivity index (χ3n) is 4.29. The Kier molecular flexibility index (Phi) is 8.48. The molecular formula is C19H31N2O6PS. The van der Waals surface area contributed by atoms with Crippen molar-refractivity contribution in [3.63, 3.8) is 0 Å². The molecule has 0 aliphatic rings. The molecule has 0 fully saturated rings. The predicted molar refractivity (Wildman–Crippen MR) is 116 cm³/mol. The number of carbonyl (C=O) groups is 1. The van der Waals surface area contributed by atoms with Crippen molar-refractivity contribution in [1.29, 1.82) is 0 Å². The van der Waals surface area contributed by atoms with E-state index in [0.29, 0.717) is 12.0 Å². The van der Waals surface area contributed by atoms with E-state index in [-0.39, 0.29) is 29.1 Å². The second-order valence-corrected chi connectivity index (χ2v) is 11.8.